The first kappa shape index (κ1) is 14.0. The third kappa shape index (κ3) is 4.06. The smallest absolute Gasteiger partial charge is 0.0191 e. The molecule has 2 nitrogen and oxygen atoms in total. The minimum absolute atomic E-state index is 0.339. The zero-order valence-electron chi connectivity index (χ0n) is 11.8. The molecule has 0 aromatic carbocycles. The second kappa shape index (κ2) is 5.50. The number of likely N-dealkylation sites (tertiary alicyclic amines) is 1. The van der Waals surface area contributed by atoms with E-state index in [0.29, 0.717) is 17.4 Å². The van der Waals surface area contributed by atoms with E-state index in [1.54, 1.807) is 0 Å². The summed E-state index contributed by atoms with van der Waals surface area (Å²) in [5.74, 6) is 1.49. The first-order chi connectivity index (χ1) is 7.30. The Bertz CT molecular complexity index is 197. The van der Waals surface area contributed by atoms with Crippen molar-refractivity contribution < 1.29 is 0 Å². The number of hydrogen-bond donors (Lipinski definition) is 1. The first-order valence-corrected chi connectivity index (χ1v) is 6.78. The fourth-order valence-electron chi connectivity index (χ4n) is 2.49. The van der Waals surface area contributed by atoms with Crippen LogP contribution < -0.4 is 5.73 Å². The van der Waals surface area contributed by atoms with Crippen LogP contribution in [0.3, 0.4) is 0 Å². The maximum Gasteiger partial charge on any atom is 0.0191 e. The van der Waals surface area contributed by atoms with Gasteiger partial charge >= 0.3 is 0 Å². The Hall–Kier alpha value is -0.0800. The lowest BCUT2D eigenvalue weighted by molar-refractivity contribution is 0.104. The molecule has 1 aliphatic heterocycles. The van der Waals surface area contributed by atoms with E-state index in [9.17, 15) is 0 Å². The molecule has 0 aromatic heterocycles. The van der Waals surface area contributed by atoms with Gasteiger partial charge in [0, 0.05) is 12.6 Å². The Morgan fingerprint density at radius 3 is 2.06 bits per heavy atom. The highest BCUT2D eigenvalue weighted by molar-refractivity contribution is 4.82. The molecule has 0 aliphatic carbocycles. The molecule has 0 amide bonds. The Morgan fingerprint density at radius 1 is 1.19 bits per heavy atom. The van der Waals surface area contributed by atoms with Gasteiger partial charge in [-0.3, -0.25) is 0 Å². The van der Waals surface area contributed by atoms with E-state index in [2.05, 4.69) is 39.5 Å². The van der Waals surface area contributed by atoms with Crippen molar-refractivity contribution in [2.45, 2.75) is 53.5 Å². The molecular weight excluding hydrogens is 196 g/mol. The third-order valence-corrected chi connectivity index (χ3v) is 4.14. The van der Waals surface area contributed by atoms with Crippen molar-refractivity contribution in [1.82, 2.24) is 4.90 Å². The van der Waals surface area contributed by atoms with Crippen LogP contribution in [-0.4, -0.2) is 30.6 Å². The Kier molecular flexibility index (Phi) is 4.81. The molecule has 2 N–H and O–H groups in total. The van der Waals surface area contributed by atoms with Crippen molar-refractivity contribution >= 4 is 0 Å². The first-order valence-electron chi connectivity index (χ1n) is 6.78. The normalized spacial score (nSPS) is 22.7. The molecule has 0 saturated carbocycles. The van der Waals surface area contributed by atoms with Crippen LogP contribution in [0, 0.1) is 17.3 Å². The van der Waals surface area contributed by atoms with Crippen LogP contribution in [0.25, 0.3) is 0 Å². The molecule has 0 aromatic rings. The van der Waals surface area contributed by atoms with Crippen molar-refractivity contribution in [2.75, 3.05) is 19.6 Å². The SMILES string of the molecule is CC(C)C(N)CN1CCC(C(C)(C)C)CC1. The fourth-order valence-corrected chi connectivity index (χ4v) is 2.49. The summed E-state index contributed by atoms with van der Waals surface area (Å²) >= 11 is 0. The van der Waals surface area contributed by atoms with Crippen LogP contribution in [0.2, 0.25) is 0 Å². The Morgan fingerprint density at radius 2 is 1.69 bits per heavy atom. The Labute approximate surface area is 102 Å². The molecule has 1 aliphatic rings. The molecule has 96 valence electrons. The van der Waals surface area contributed by atoms with Gasteiger partial charge < -0.3 is 10.6 Å². The van der Waals surface area contributed by atoms with Crippen LogP contribution >= 0.6 is 0 Å². The second-order valence-electron chi connectivity index (χ2n) is 6.85. The quantitative estimate of drug-likeness (QED) is 0.802. The number of hydrogen-bond acceptors (Lipinski definition) is 2. The largest absolute Gasteiger partial charge is 0.326 e. The molecule has 1 fully saturated rings. The maximum atomic E-state index is 6.13. The Balaban J connectivity index is 2.32. The summed E-state index contributed by atoms with van der Waals surface area (Å²) in [5, 5.41) is 0. The van der Waals surface area contributed by atoms with Gasteiger partial charge in [0.25, 0.3) is 0 Å². The van der Waals surface area contributed by atoms with Gasteiger partial charge in [-0.05, 0) is 43.2 Å². The average molecular weight is 226 g/mol. The number of rotatable bonds is 3. The minimum atomic E-state index is 0.339. The zero-order chi connectivity index (χ0) is 12.3. The van der Waals surface area contributed by atoms with Gasteiger partial charge in [0.1, 0.15) is 0 Å². The van der Waals surface area contributed by atoms with Crippen molar-refractivity contribution in [3.05, 3.63) is 0 Å². The van der Waals surface area contributed by atoms with E-state index in [4.69, 9.17) is 5.73 Å². The standard InChI is InChI=1S/C14H30N2/c1-11(2)13(15)10-16-8-6-12(7-9-16)14(3,4)5/h11-13H,6-10,15H2,1-5H3. The van der Waals surface area contributed by atoms with Crippen LogP contribution in [0.4, 0.5) is 0 Å². The van der Waals surface area contributed by atoms with E-state index in [1.807, 2.05) is 0 Å². The molecule has 2 heteroatoms. The highest BCUT2D eigenvalue weighted by atomic mass is 15.1. The molecule has 1 atom stereocenters. The highest BCUT2D eigenvalue weighted by Crippen LogP contribution is 2.34. The minimum Gasteiger partial charge on any atom is -0.326 e. The monoisotopic (exact) mass is 226 g/mol. The average Bonchev–Trinajstić information content (AvgIpc) is 2.17. The summed E-state index contributed by atoms with van der Waals surface area (Å²) in [7, 11) is 0. The van der Waals surface area contributed by atoms with Crippen molar-refractivity contribution in [1.29, 1.82) is 0 Å². The lowest BCUT2D eigenvalue weighted by Gasteiger charge is -2.39. The van der Waals surface area contributed by atoms with Crippen molar-refractivity contribution in [3.8, 4) is 0 Å². The van der Waals surface area contributed by atoms with Crippen molar-refractivity contribution in [3.63, 3.8) is 0 Å². The van der Waals surface area contributed by atoms with E-state index in [1.165, 1.54) is 25.9 Å². The fraction of sp³-hybridized carbons (Fsp3) is 1.00. The molecule has 0 radical (unpaired) electrons. The molecule has 16 heavy (non-hydrogen) atoms. The summed E-state index contributed by atoms with van der Waals surface area (Å²) in [4.78, 5) is 2.55. The van der Waals surface area contributed by atoms with Gasteiger partial charge in [-0.1, -0.05) is 34.6 Å². The molecule has 1 heterocycles. The van der Waals surface area contributed by atoms with Crippen LogP contribution in [-0.2, 0) is 0 Å². The molecule has 1 saturated heterocycles. The predicted octanol–water partition coefficient (Wildman–Crippen LogP) is 2.73. The van der Waals surface area contributed by atoms with E-state index < -0.39 is 0 Å². The summed E-state index contributed by atoms with van der Waals surface area (Å²) in [6.45, 7) is 15.1. The predicted molar refractivity (Wildman–Crippen MR) is 71.4 cm³/mol. The van der Waals surface area contributed by atoms with Gasteiger partial charge in [0.05, 0.1) is 0 Å². The zero-order valence-corrected chi connectivity index (χ0v) is 11.8. The van der Waals surface area contributed by atoms with Gasteiger partial charge in [-0.2, -0.15) is 0 Å². The van der Waals surface area contributed by atoms with Gasteiger partial charge in [0.15, 0.2) is 0 Å². The van der Waals surface area contributed by atoms with Gasteiger partial charge in [-0.15, -0.1) is 0 Å². The van der Waals surface area contributed by atoms with Gasteiger partial charge in [-0.25, -0.2) is 0 Å². The lowest BCUT2D eigenvalue weighted by Crippen LogP contribution is -2.45. The second-order valence-corrected chi connectivity index (χ2v) is 6.85. The van der Waals surface area contributed by atoms with E-state index in [-0.39, 0.29) is 0 Å². The van der Waals surface area contributed by atoms with E-state index >= 15 is 0 Å². The summed E-state index contributed by atoms with van der Waals surface area (Å²) in [6.07, 6.45) is 2.68. The third-order valence-electron chi connectivity index (χ3n) is 4.14. The van der Waals surface area contributed by atoms with Crippen LogP contribution in [0.1, 0.15) is 47.5 Å². The summed E-state index contributed by atoms with van der Waals surface area (Å²) in [5.41, 5.74) is 6.60. The van der Waals surface area contributed by atoms with Crippen molar-refractivity contribution in [2.24, 2.45) is 23.0 Å². The topological polar surface area (TPSA) is 29.3 Å². The molecule has 1 unspecified atom stereocenters. The van der Waals surface area contributed by atoms with Gasteiger partial charge in [0.2, 0.25) is 0 Å². The highest BCUT2D eigenvalue weighted by Gasteiger charge is 2.29. The van der Waals surface area contributed by atoms with Crippen LogP contribution in [0.5, 0.6) is 0 Å². The van der Waals surface area contributed by atoms with E-state index in [0.717, 1.165) is 12.5 Å². The summed E-state index contributed by atoms with van der Waals surface area (Å²) < 4.78 is 0. The number of nitrogens with zero attached hydrogens (tertiary/aromatic N) is 1. The molecule has 0 bridgehead atoms. The van der Waals surface area contributed by atoms with Crippen LogP contribution in [0.15, 0.2) is 0 Å². The molecular formula is C14H30N2. The number of piperidine rings is 1. The molecule has 0 spiro atoms. The lowest BCUT2D eigenvalue weighted by atomic mass is 9.75. The number of nitrogens with two attached hydrogens (primary N) is 1. The summed E-state index contributed by atoms with van der Waals surface area (Å²) in [6, 6.07) is 0.339. The maximum absolute atomic E-state index is 6.13. The molecule has 1 rings (SSSR count).